The van der Waals surface area contributed by atoms with E-state index in [0.717, 1.165) is 38.8 Å². The molecule has 1 aliphatic heterocycles. The predicted molar refractivity (Wildman–Crippen MR) is 89.8 cm³/mol. The predicted octanol–water partition coefficient (Wildman–Crippen LogP) is 1.69. The Balaban J connectivity index is 0.00000242. The molecule has 2 amide bonds. The van der Waals surface area contributed by atoms with Crippen molar-refractivity contribution in [3.63, 3.8) is 0 Å². The number of piperidine rings is 1. The summed E-state index contributed by atoms with van der Waals surface area (Å²) >= 11 is 0. The Morgan fingerprint density at radius 2 is 1.73 bits per heavy atom. The van der Waals surface area contributed by atoms with E-state index in [2.05, 4.69) is 5.32 Å². The molecule has 128 valence electrons. The number of hydrogen-bond acceptors (Lipinski definition) is 3. The summed E-state index contributed by atoms with van der Waals surface area (Å²) < 4.78 is 0. The lowest BCUT2D eigenvalue weighted by Crippen LogP contribution is -2.49. The Bertz CT molecular complexity index is 364. The van der Waals surface area contributed by atoms with Crippen molar-refractivity contribution in [1.29, 1.82) is 0 Å². The second-order valence-electron chi connectivity index (χ2n) is 6.58. The van der Waals surface area contributed by atoms with Crippen molar-refractivity contribution in [3.05, 3.63) is 0 Å². The van der Waals surface area contributed by atoms with Crippen LogP contribution in [0.2, 0.25) is 0 Å². The highest BCUT2D eigenvalue weighted by molar-refractivity contribution is 5.85. The van der Waals surface area contributed by atoms with Crippen LogP contribution in [0.25, 0.3) is 0 Å². The van der Waals surface area contributed by atoms with Crippen molar-refractivity contribution in [3.8, 4) is 0 Å². The van der Waals surface area contributed by atoms with Gasteiger partial charge in [0.25, 0.3) is 0 Å². The number of nitrogens with zero attached hydrogens (tertiary/aromatic N) is 1. The fourth-order valence-corrected chi connectivity index (χ4v) is 3.34. The second kappa shape index (κ2) is 9.36. The maximum absolute atomic E-state index is 12.2. The highest BCUT2D eigenvalue weighted by Crippen LogP contribution is 2.24. The zero-order valence-electron chi connectivity index (χ0n) is 13.6. The van der Waals surface area contributed by atoms with E-state index in [1.165, 1.54) is 19.3 Å². The third-order valence-electron chi connectivity index (χ3n) is 4.90. The van der Waals surface area contributed by atoms with Crippen LogP contribution in [0.4, 0.5) is 0 Å². The fraction of sp³-hybridized carbons (Fsp3) is 0.875. The molecule has 2 aliphatic rings. The van der Waals surface area contributed by atoms with E-state index in [-0.39, 0.29) is 42.1 Å². The van der Waals surface area contributed by atoms with Gasteiger partial charge in [-0.25, -0.2) is 0 Å². The summed E-state index contributed by atoms with van der Waals surface area (Å²) in [7, 11) is 0. The molecule has 0 aromatic heterocycles. The highest BCUT2D eigenvalue weighted by Gasteiger charge is 2.28. The summed E-state index contributed by atoms with van der Waals surface area (Å²) in [5, 5.41) is 3.19. The highest BCUT2D eigenvalue weighted by atomic mass is 35.5. The Kier molecular flexibility index (Phi) is 8.18. The van der Waals surface area contributed by atoms with Gasteiger partial charge in [0, 0.05) is 37.5 Å². The number of amides is 2. The number of halogens is 1. The monoisotopic (exact) mass is 331 g/mol. The lowest BCUT2D eigenvalue weighted by Gasteiger charge is -2.34. The first-order valence-corrected chi connectivity index (χ1v) is 8.41. The molecule has 2 rings (SSSR count). The minimum absolute atomic E-state index is 0. The average molecular weight is 332 g/mol. The van der Waals surface area contributed by atoms with Gasteiger partial charge in [-0.15, -0.1) is 12.4 Å². The van der Waals surface area contributed by atoms with Crippen LogP contribution < -0.4 is 11.1 Å². The van der Waals surface area contributed by atoms with Crippen LogP contribution in [-0.4, -0.2) is 42.4 Å². The van der Waals surface area contributed by atoms with E-state index in [1.807, 2.05) is 11.8 Å². The summed E-state index contributed by atoms with van der Waals surface area (Å²) in [6.45, 7) is 3.74. The van der Waals surface area contributed by atoms with Crippen molar-refractivity contribution < 1.29 is 9.59 Å². The molecule has 1 atom stereocenters. The zero-order valence-corrected chi connectivity index (χ0v) is 14.4. The van der Waals surface area contributed by atoms with Gasteiger partial charge >= 0.3 is 0 Å². The van der Waals surface area contributed by atoms with Crippen molar-refractivity contribution in [1.82, 2.24) is 10.2 Å². The topological polar surface area (TPSA) is 75.4 Å². The van der Waals surface area contributed by atoms with Crippen LogP contribution in [0.3, 0.4) is 0 Å². The molecular formula is C16H30ClN3O2. The number of rotatable bonds is 4. The molecular weight excluding hydrogens is 302 g/mol. The number of hydrogen-bond donors (Lipinski definition) is 2. The van der Waals surface area contributed by atoms with E-state index in [4.69, 9.17) is 5.73 Å². The molecule has 6 heteroatoms. The van der Waals surface area contributed by atoms with E-state index in [0.29, 0.717) is 6.54 Å². The molecule has 1 saturated carbocycles. The van der Waals surface area contributed by atoms with Crippen LogP contribution in [-0.2, 0) is 9.59 Å². The average Bonchev–Trinajstić information content (AvgIpc) is 2.55. The van der Waals surface area contributed by atoms with Gasteiger partial charge in [-0.05, 0) is 25.7 Å². The summed E-state index contributed by atoms with van der Waals surface area (Å²) in [6.07, 6.45) is 7.44. The quantitative estimate of drug-likeness (QED) is 0.823. The van der Waals surface area contributed by atoms with Crippen LogP contribution in [0.15, 0.2) is 0 Å². The third-order valence-corrected chi connectivity index (χ3v) is 4.90. The van der Waals surface area contributed by atoms with E-state index in [1.54, 1.807) is 0 Å². The number of carbonyl (C=O) groups is 2. The van der Waals surface area contributed by atoms with Gasteiger partial charge in [-0.2, -0.15) is 0 Å². The van der Waals surface area contributed by atoms with E-state index in [9.17, 15) is 9.59 Å². The molecule has 5 nitrogen and oxygen atoms in total. The van der Waals surface area contributed by atoms with Crippen molar-refractivity contribution in [2.45, 2.75) is 57.9 Å². The van der Waals surface area contributed by atoms with Crippen LogP contribution in [0, 0.1) is 11.8 Å². The first kappa shape index (κ1) is 19.2. The Hall–Kier alpha value is -0.810. The molecule has 0 radical (unpaired) electrons. The normalized spacial score (nSPS) is 21.8. The van der Waals surface area contributed by atoms with Gasteiger partial charge in [0.2, 0.25) is 11.8 Å². The Morgan fingerprint density at radius 1 is 1.14 bits per heavy atom. The van der Waals surface area contributed by atoms with Crippen LogP contribution in [0.5, 0.6) is 0 Å². The number of carbonyl (C=O) groups excluding carboxylic acids is 2. The third kappa shape index (κ3) is 5.13. The molecule has 1 heterocycles. The Morgan fingerprint density at radius 3 is 2.27 bits per heavy atom. The summed E-state index contributed by atoms with van der Waals surface area (Å²) in [6, 6.07) is 0.233. The van der Waals surface area contributed by atoms with Gasteiger partial charge in [-0.3, -0.25) is 9.59 Å². The minimum Gasteiger partial charge on any atom is -0.353 e. The lowest BCUT2D eigenvalue weighted by atomic mass is 9.88. The Labute approximate surface area is 139 Å². The molecule has 3 N–H and O–H groups in total. The maximum Gasteiger partial charge on any atom is 0.226 e. The smallest absolute Gasteiger partial charge is 0.226 e. The molecule has 1 unspecified atom stereocenters. The summed E-state index contributed by atoms with van der Waals surface area (Å²) in [5.41, 5.74) is 5.55. The van der Waals surface area contributed by atoms with Gasteiger partial charge in [-0.1, -0.05) is 26.2 Å². The lowest BCUT2D eigenvalue weighted by molar-refractivity contribution is -0.136. The molecule has 1 saturated heterocycles. The molecule has 0 aromatic carbocycles. The second-order valence-corrected chi connectivity index (χ2v) is 6.58. The standard InChI is InChI=1S/C16H29N3O2.ClH/c1-12(11-17)16(21)19-9-7-14(8-10-19)18-15(20)13-5-3-2-4-6-13;/h12-14H,2-11,17H2,1H3,(H,18,20);1H. The number of nitrogens with one attached hydrogen (secondary N) is 1. The van der Waals surface area contributed by atoms with Crippen molar-refractivity contribution in [2.75, 3.05) is 19.6 Å². The van der Waals surface area contributed by atoms with E-state index >= 15 is 0 Å². The van der Waals surface area contributed by atoms with Crippen LogP contribution >= 0.6 is 12.4 Å². The maximum atomic E-state index is 12.2. The zero-order chi connectivity index (χ0) is 15.2. The molecule has 0 bridgehead atoms. The first-order valence-electron chi connectivity index (χ1n) is 8.41. The number of nitrogens with two attached hydrogens (primary N) is 1. The largest absolute Gasteiger partial charge is 0.353 e. The molecule has 2 fully saturated rings. The first-order chi connectivity index (χ1) is 10.1. The summed E-state index contributed by atoms with van der Waals surface area (Å²) in [5.74, 6) is 0.499. The molecule has 0 spiro atoms. The minimum atomic E-state index is -0.0987. The van der Waals surface area contributed by atoms with Crippen molar-refractivity contribution in [2.24, 2.45) is 17.6 Å². The van der Waals surface area contributed by atoms with Gasteiger partial charge in [0.05, 0.1) is 0 Å². The van der Waals surface area contributed by atoms with Crippen LogP contribution in [0.1, 0.15) is 51.9 Å². The molecule has 1 aliphatic carbocycles. The summed E-state index contributed by atoms with van der Waals surface area (Å²) in [4.78, 5) is 26.2. The molecule has 22 heavy (non-hydrogen) atoms. The fourth-order valence-electron chi connectivity index (χ4n) is 3.34. The van der Waals surface area contributed by atoms with Gasteiger partial charge in [0.15, 0.2) is 0 Å². The van der Waals surface area contributed by atoms with Gasteiger partial charge in [0.1, 0.15) is 0 Å². The SMILES string of the molecule is CC(CN)C(=O)N1CCC(NC(=O)C2CCCCC2)CC1.Cl. The number of likely N-dealkylation sites (tertiary alicyclic amines) is 1. The van der Waals surface area contributed by atoms with Gasteiger partial charge < -0.3 is 16.0 Å². The van der Waals surface area contributed by atoms with E-state index < -0.39 is 0 Å². The van der Waals surface area contributed by atoms with Crippen molar-refractivity contribution >= 4 is 24.2 Å². The molecule has 0 aromatic rings.